The molecule has 1 fully saturated rings. The maximum absolute atomic E-state index is 13.8. The van der Waals surface area contributed by atoms with Crippen molar-refractivity contribution >= 4 is 17.7 Å². The molecular weight excluding hydrogens is 578 g/mol. The molecule has 0 bridgehead atoms. The van der Waals surface area contributed by atoms with E-state index in [4.69, 9.17) is 4.74 Å². The molecule has 3 aromatic carbocycles. The molecule has 0 unspecified atom stereocenters. The van der Waals surface area contributed by atoms with Crippen molar-refractivity contribution < 1.29 is 24.2 Å². The van der Waals surface area contributed by atoms with Crippen molar-refractivity contribution in [3.8, 4) is 5.75 Å². The van der Waals surface area contributed by atoms with Gasteiger partial charge in [0, 0.05) is 25.6 Å². The van der Waals surface area contributed by atoms with E-state index in [9.17, 15) is 19.5 Å². The number of benzene rings is 3. The van der Waals surface area contributed by atoms with Crippen molar-refractivity contribution in [1.29, 1.82) is 0 Å². The van der Waals surface area contributed by atoms with Crippen molar-refractivity contribution in [3.63, 3.8) is 0 Å². The summed E-state index contributed by atoms with van der Waals surface area (Å²) in [4.78, 5) is 41.5. The predicted octanol–water partition coefficient (Wildman–Crippen LogP) is 5.42. The standard InChI is InChI=1S/C38H49N3O5/c1-26(2)35(41-20-12-19-39-38(41)45)37(44)40-32(22-30-17-9-6-10-18-30)24-34(43)31(21-29-15-7-5-8-16-29)23-33(42)25-46-36-27(3)13-11-14-28(36)4/h5-11,13-18,26,31-32,34-35,43H,12,19-25H2,1-4H3,(H,39,45)(H,40,44)/t31-,32+,34+,35+/m1/s1. The van der Waals surface area contributed by atoms with Gasteiger partial charge in [-0.25, -0.2) is 4.79 Å². The van der Waals surface area contributed by atoms with Crippen LogP contribution in [-0.2, 0) is 22.4 Å². The second kappa shape index (κ2) is 16.9. The number of amides is 3. The number of para-hydroxylation sites is 1. The highest BCUT2D eigenvalue weighted by Gasteiger charge is 2.35. The highest BCUT2D eigenvalue weighted by molar-refractivity contribution is 5.87. The first kappa shape index (κ1) is 34.7. The molecule has 0 aliphatic carbocycles. The van der Waals surface area contributed by atoms with Gasteiger partial charge in [-0.1, -0.05) is 92.7 Å². The van der Waals surface area contributed by atoms with Crippen LogP contribution in [0.4, 0.5) is 4.79 Å². The largest absolute Gasteiger partial charge is 0.485 e. The van der Waals surface area contributed by atoms with Crippen LogP contribution in [-0.4, -0.2) is 65.6 Å². The quantitative estimate of drug-likeness (QED) is 0.197. The molecule has 8 nitrogen and oxygen atoms in total. The first-order valence-electron chi connectivity index (χ1n) is 16.4. The highest BCUT2D eigenvalue weighted by Crippen LogP contribution is 2.25. The monoisotopic (exact) mass is 627 g/mol. The minimum atomic E-state index is -0.880. The molecule has 0 radical (unpaired) electrons. The third-order valence-corrected chi connectivity index (χ3v) is 8.71. The predicted molar refractivity (Wildman–Crippen MR) is 181 cm³/mol. The molecule has 1 aliphatic heterocycles. The SMILES string of the molecule is Cc1cccc(C)c1OCC(=O)C[C@@H](Cc1ccccc1)[C@@H](O)C[C@H](Cc1ccccc1)NC(=O)[C@H](C(C)C)N1CCCNC1=O. The molecule has 3 N–H and O–H groups in total. The number of ketones is 1. The van der Waals surface area contributed by atoms with Crippen LogP contribution in [0.15, 0.2) is 78.9 Å². The van der Waals surface area contributed by atoms with E-state index in [1.807, 2.05) is 107 Å². The van der Waals surface area contributed by atoms with E-state index < -0.39 is 18.2 Å². The summed E-state index contributed by atoms with van der Waals surface area (Å²) in [7, 11) is 0. The molecule has 8 heteroatoms. The zero-order valence-electron chi connectivity index (χ0n) is 27.6. The third kappa shape index (κ3) is 9.91. The average Bonchev–Trinajstić information content (AvgIpc) is 3.02. The van der Waals surface area contributed by atoms with Crippen LogP contribution in [0, 0.1) is 25.7 Å². The Morgan fingerprint density at radius 1 is 0.913 bits per heavy atom. The number of urea groups is 1. The fourth-order valence-electron chi connectivity index (χ4n) is 6.37. The Kier molecular flexibility index (Phi) is 12.8. The van der Waals surface area contributed by atoms with Gasteiger partial charge < -0.3 is 25.4 Å². The van der Waals surface area contributed by atoms with Gasteiger partial charge in [0.05, 0.1) is 6.10 Å². The second-order valence-corrected chi connectivity index (χ2v) is 12.9. The van der Waals surface area contributed by atoms with E-state index in [-0.39, 0.29) is 49.0 Å². The first-order chi connectivity index (χ1) is 22.1. The Balaban J connectivity index is 1.52. The number of carbonyl (C=O) groups excluding carboxylic acids is 3. The number of aryl methyl sites for hydroxylation is 2. The van der Waals surface area contributed by atoms with E-state index in [2.05, 4.69) is 10.6 Å². The van der Waals surface area contributed by atoms with Gasteiger partial charge >= 0.3 is 6.03 Å². The van der Waals surface area contributed by atoms with Crippen LogP contribution in [0.25, 0.3) is 0 Å². The molecule has 0 saturated carbocycles. The Morgan fingerprint density at radius 2 is 1.52 bits per heavy atom. The number of hydrogen-bond donors (Lipinski definition) is 3. The number of rotatable bonds is 16. The lowest BCUT2D eigenvalue weighted by Crippen LogP contribution is -2.59. The summed E-state index contributed by atoms with van der Waals surface area (Å²) >= 11 is 0. The maximum atomic E-state index is 13.8. The number of carbonyl (C=O) groups is 3. The van der Waals surface area contributed by atoms with Gasteiger partial charge in [-0.3, -0.25) is 9.59 Å². The zero-order chi connectivity index (χ0) is 33.1. The van der Waals surface area contributed by atoms with E-state index in [0.717, 1.165) is 28.7 Å². The summed E-state index contributed by atoms with van der Waals surface area (Å²) < 4.78 is 5.96. The molecule has 1 aliphatic rings. The van der Waals surface area contributed by atoms with Gasteiger partial charge in [0.25, 0.3) is 0 Å². The smallest absolute Gasteiger partial charge is 0.318 e. The number of hydrogen-bond acceptors (Lipinski definition) is 5. The lowest BCUT2D eigenvalue weighted by molar-refractivity contribution is -0.128. The van der Waals surface area contributed by atoms with E-state index in [1.54, 1.807) is 4.90 Å². The third-order valence-electron chi connectivity index (χ3n) is 8.71. The minimum Gasteiger partial charge on any atom is -0.485 e. The summed E-state index contributed by atoms with van der Waals surface area (Å²) in [6, 6.07) is 24.3. The van der Waals surface area contributed by atoms with Gasteiger partial charge in [-0.05, 0) is 73.6 Å². The van der Waals surface area contributed by atoms with Crippen molar-refractivity contribution in [1.82, 2.24) is 15.5 Å². The Hall–Kier alpha value is -4.17. The topological polar surface area (TPSA) is 108 Å². The Labute approximate surface area is 273 Å². The van der Waals surface area contributed by atoms with Crippen LogP contribution in [0.1, 0.15) is 55.4 Å². The lowest BCUT2D eigenvalue weighted by atomic mass is 9.85. The summed E-state index contributed by atoms with van der Waals surface area (Å²) in [5.41, 5.74) is 3.98. The molecule has 1 saturated heterocycles. The number of aliphatic hydroxyl groups is 1. The van der Waals surface area contributed by atoms with Crippen molar-refractivity contribution in [2.45, 2.75) is 78.0 Å². The number of nitrogens with one attached hydrogen (secondary N) is 2. The number of nitrogens with zero attached hydrogens (tertiary/aromatic N) is 1. The molecule has 3 amide bonds. The van der Waals surface area contributed by atoms with Crippen LogP contribution in [0.3, 0.4) is 0 Å². The molecule has 4 rings (SSSR count). The summed E-state index contributed by atoms with van der Waals surface area (Å²) in [5, 5.41) is 17.8. The molecule has 0 spiro atoms. The van der Waals surface area contributed by atoms with E-state index >= 15 is 0 Å². The van der Waals surface area contributed by atoms with Gasteiger partial charge in [0.15, 0.2) is 5.78 Å². The zero-order valence-corrected chi connectivity index (χ0v) is 27.6. The fraction of sp³-hybridized carbons (Fsp3) is 0.447. The van der Waals surface area contributed by atoms with E-state index in [0.29, 0.717) is 31.7 Å². The average molecular weight is 628 g/mol. The number of Topliss-reactive ketones (excluding diaryl/α,β-unsaturated/α-hetero) is 1. The summed E-state index contributed by atoms with van der Waals surface area (Å²) in [5.74, 6) is -0.115. The molecular formula is C38H49N3O5. The van der Waals surface area contributed by atoms with E-state index in [1.165, 1.54) is 0 Å². The molecule has 4 atom stereocenters. The molecule has 3 aromatic rings. The van der Waals surface area contributed by atoms with Gasteiger partial charge in [0.1, 0.15) is 18.4 Å². The highest BCUT2D eigenvalue weighted by atomic mass is 16.5. The van der Waals surface area contributed by atoms with Gasteiger partial charge in [-0.15, -0.1) is 0 Å². The second-order valence-electron chi connectivity index (χ2n) is 12.9. The van der Waals surface area contributed by atoms with Crippen LogP contribution < -0.4 is 15.4 Å². The summed E-state index contributed by atoms with van der Waals surface area (Å²) in [6.07, 6.45) is 1.29. The van der Waals surface area contributed by atoms with Crippen molar-refractivity contribution in [2.75, 3.05) is 19.7 Å². The lowest BCUT2D eigenvalue weighted by Gasteiger charge is -2.37. The normalized spacial score (nSPS) is 15.9. The molecule has 246 valence electrons. The minimum absolute atomic E-state index is 0.0815. The van der Waals surface area contributed by atoms with Crippen LogP contribution >= 0.6 is 0 Å². The summed E-state index contributed by atoms with van der Waals surface area (Å²) in [6.45, 7) is 8.82. The first-order valence-corrected chi connectivity index (χ1v) is 16.4. The Morgan fingerprint density at radius 3 is 2.11 bits per heavy atom. The maximum Gasteiger partial charge on any atom is 0.318 e. The molecule has 46 heavy (non-hydrogen) atoms. The van der Waals surface area contributed by atoms with Crippen LogP contribution in [0.2, 0.25) is 0 Å². The van der Waals surface area contributed by atoms with Crippen molar-refractivity contribution in [2.24, 2.45) is 11.8 Å². The van der Waals surface area contributed by atoms with Gasteiger partial charge in [0.2, 0.25) is 5.91 Å². The van der Waals surface area contributed by atoms with Crippen molar-refractivity contribution in [3.05, 3.63) is 101 Å². The number of aliphatic hydroxyl groups excluding tert-OH is 1. The van der Waals surface area contributed by atoms with Gasteiger partial charge in [-0.2, -0.15) is 0 Å². The molecule has 1 heterocycles. The van der Waals surface area contributed by atoms with Crippen LogP contribution in [0.5, 0.6) is 5.75 Å². The fourth-order valence-corrected chi connectivity index (χ4v) is 6.37. The Bertz CT molecular complexity index is 1410. The molecule has 0 aromatic heterocycles. The number of ether oxygens (including phenoxy) is 1.